The van der Waals surface area contributed by atoms with Gasteiger partial charge in [0, 0.05) is 5.92 Å². The van der Waals surface area contributed by atoms with Crippen molar-refractivity contribution in [2.75, 3.05) is 0 Å². The Labute approximate surface area is 150 Å². The van der Waals surface area contributed by atoms with Crippen molar-refractivity contribution in [3.05, 3.63) is 44.7 Å². The van der Waals surface area contributed by atoms with E-state index in [1.807, 2.05) is 13.8 Å². The summed E-state index contributed by atoms with van der Waals surface area (Å²) >= 11 is 8.15. The number of rotatable bonds is 5. The monoisotopic (exact) mass is 415 g/mol. The zero-order valence-corrected chi connectivity index (χ0v) is 15.8. The highest BCUT2D eigenvalue weighted by molar-refractivity contribution is 9.10. The van der Waals surface area contributed by atoms with Crippen molar-refractivity contribution < 1.29 is 13.9 Å². The van der Waals surface area contributed by atoms with E-state index in [4.69, 9.17) is 16.1 Å². The van der Waals surface area contributed by atoms with Gasteiger partial charge in [-0.25, -0.2) is 0 Å². The van der Waals surface area contributed by atoms with Gasteiger partial charge in [0.15, 0.2) is 10.7 Å². The molecule has 0 radical (unpaired) electrons. The number of hydrogen-bond acceptors (Lipinski definition) is 4. The molecule has 23 heavy (non-hydrogen) atoms. The molecular weight excluding hydrogens is 402 g/mol. The molecule has 7 heteroatoms. The van der Waals surface area contributed by atoms with Crippen LogP contribution in [0.15, 0.2) is 32.2 Å². The van der Waals surface area contributed by atoms with E-state index < -0.39 is 11.2 Å². The van der Waals surface area contributed by atoms with Crippen molar-refractivity contribution in [2.45, 2.75) is 42.8 Å². The Hall–Kier alpha value is -0.820. The van der Waals surface area contributed by atoms with E-state index in [-0.39, 0.29) is 17.0 Å². The van der Waals surface area contributed by atoms with Crippen LogP contribution in [0.1, 0.15) is 54.3 Å². The third-order valence-electron chi connectivity index (χ3n) is 3.72. The molecule has 4 nitrogen and oxygen atoms in total. The first-order valence-corrected chi connectivity index (χ1v) is 9.68. The highest BCUT2D eigenvalue weighted by atomic mass is 79.9. The third-order valence-corrected chi connectivity index (χ3v) is 7.03. The van der Waals surface area contributed by atoms with Crippen molar-refractivity contribution in [1.82, 2.24) is 5.16 Å². The second kappa shape index (κ2) is 6.59. The highest BCUT2D eigenvalue weighted by Gasteiger charge is 2.35. The summed E-state index contributed by atoms with van der Waals surface area (Å²) in [7, 11) is 0. The maximum absolute atomic E-state index is 13.0. The Morgan fingerprint density at radius 1 is 1.43 bits per heavy atom. The topological polar surface area (TPSA) is 66.2 Å². The number of hydrogen-bond donors (Lipinski definition) is 0. The van der Waals surface area contributed by atoms with Crippen molar-refractivity contribution in [3.8, 4) is 0 Å². The SMILES string of the molecule is CC(C)[S+]([O-])c1c(C(=O)c2cnoc2C2CC2)ccc(Cl)c1Br. The third kappa shape index (κ3) is 3.22. The van der Waals surface area contributed by atoms with E-state index in [9.17, 15) is 9.35 Å². The van der Waals surface area contributed by atoms with Gasteiger partial charge >= 0.3 is 0 Å². The lowest BCUT2D eigenvalue weighted by molar-refractivity contribution is 0.103. The number of ketones is 1. The number of halogens is 2. The smallest absolute Gasteiger partial charge is 0.203 e. The molecule has 2 aromatic rings. The Bertz CT molecular complexity index is 758. The average molecular weight is 417 g/mol. The predicted octanol–water partition coefficient (Wildman–Crippen LogP) is 4.71. The highest BCUT2D eigenvalue weighted by Crippen LogP contribution is 2.43. The summed E-state index contributed by atoms with van der Waals surface area (Å²) in [6.07, 6.45) is 3.45. The molecular formula is C16H15BrClNO3S. The fourth-order valence-electron chi connectivity index (χ4n) is 2.35. The molecule has 1 saturated carbocycles. The van der Waals surface area contributed by atoms with E-state index in [0.717, 1.165) is 12.8 Å². The normalized spacial score (nSPS) is 15.9. The molecule has 1 unspecified atom stereocenters. The Morgan fingerprint density at radius 3 is 2.74 bits per heavy atom. The van der Waals surface area contributed by atoms with Crippen LogP contribution in [-0.4, -0.2) is 20.7 Å². The van der Waals surface area contributed by atoms with E-state index in [1.165, 1.54) is 6.20 Å². The van der Waals surface area contributed by atoms with Crippen LogP contribution in [0.3, 0.4) is 0 Å². The maximum Gasteiger partial charge on any atom is 0.203 e. The van der Waals surface area contributed by atoms with Gasteiger partial charge in [-0.1, -0.05) is 16.8 Å². The fraction of sp³-hybridized carbons (Fsp3) is 0.375. The summed E-state index contributed by atoms with van der Waals surface area (Å²) in [5, 5.41) is 4.06. The minimum Gasteiger partial charge on any atom is -0.611 e. The number of carbonyl (C=O) groups is 1. The van der Waals surface area contributed by atoms with E-state index >= 15 is 0 Å². The summed E-state index contributed by atoms with van der Waals surface area (Å²) in [6.45, 7) is 3.68. The molecule has 0 spiro atoms. The van der Waals surface area contributed by atoms with Gasteiger partial charge in [0.25, 0.3) is 0 Å². The van der Waals surface area contributed by atoms with Gasteiger partial charge in [-0.3, -0.25) is 4.79 Å². The van der Waals surface area contributed by atoms with Crippen molar-refractivity contribution in [2.24, 2.45) is 0 Å². The van der Waals surface area contributed by atoms with E-state index in [1.54, 1.807) is 12.1 Å². The summed E-state index contributed by atoms with van der Waals surface area (Å²) in [5.41, 5.74) is 0.821. The second-order valence-electron chi connectivity index (χ2n) is 5.79. The number of nitrogens with zero attached hydrogens (tertiary/aromatic N) is 1. The molecule has 1 heterocycles. The Morgan fingerprint density at radius 2 is 2.13 bits per heavy atom. The minimum absolute atomic E-state index is 0.137. The molecule has 0 aliphatic heterocycles. The number of benzene rings is 1. The molecule has 0 amide bonds. The summed E-state index contributed by atoms with van der Waals surface area (Å²) in [5.74, 6) is 0.670. The molecule has 1 aromatic carbocycles. The Kier molecular flexibility index (Phi) is 4.88. The first-order valence-electron chi connectivity index (χ1n) is 7.29. The van der Waals surface area contributed by atoms with E-state index in [0.29, 0.717) is 31.3 Å². The van der Waals surface area contributed by atoms with Gasteiger partial charge < -0.3 is 9.08 Å². The maximum atomic E-state index is 13.0. The van der Waals surface area contributed by atoms with Gasteiger partial charge in [0.1, 0.15) is 5.25 Å². The van der Waals surface area contributed by atoms with Crippen LogP contribution < -0.4 is 0 Å². The fourth-order valence-corrected chi connectivity index (χ4v) is 4.52. The van der Waals surface area contributed by atoms with Crippen LogP contribution in [-0.2, 0) is 11.2 Å². The first kappa shape index (κ1) is 17.0. The Balaban J connectivity index is 2.10. The molecule has 122 valence electrons. The van der Waals surface area contributed by atoms with Crippen LogP contribution in [0.4, 0.5) is 0 Å². The molecule has 1 aliphatic carbocycles. The zero-order valence-electron chi connectivity index (χ0n) is 12.6. The molecule has 1 fully saturated rings. The van der Waals surface area contributed by atoms with Gasteiger partial charge in [0.2, 0.25) is 5.78 Å². The van der Waals surface area contributed by atoms with Gasteiger partial charge in [-0.05, 0) is 65.9 Å². The van der Waals surface area contributed by atoms with Crippen molar-refractivity contribution in [1.29, 1.82) is 0 Å². The molecule has 3 rings (SSSR count). The lowest BCUT2D eigenvalue weighted by Crippen LogP contribution is -2.19. The first-order chi connectivity index (χ1) is 10.9. The van der Waals surface area contributed by atoms with Crippen LogP contribution in [0.25, 0.3) is 0 Å². The molecule has 1 atom stereocenters. The summed E-state index contributed by atoms with van der Waals surface area (Å²) in [4.78, 5) is 13.4. The quantitative estimate of drug-likeness (QED) is 0.523. The second-order valence-corrected chi connectivity index (χ2v) is 8.94. The van der Waals surface area contributed by atoms with Gasteiger partial charge in [-0.2, -0.15) is 0 Å². The molecule has 0 saturated heterocycles. The zero-order chi connectivity index (χ0) is 16.7. The lowest BCUT2D eigenvalue weighted by atomic mass is 10.0. The minimum atomic E-state index is -1.36. The number of aromatic nitrogens is 1. The standard InChI is InChI=1S/C16H15BrClNO3S/c1-8(2)23(21)16-10(5-6-12(18)13(16)17)14(20)11-7-19-22-15(11)9-3-4-9/h5-9H,3-4H2,1-2H3. The average Bonchev–Trinajstić information content (AvgIpc) is 3.25. The van der Waals surface area contributed by atoms with Crippen LogP contribution in [0.5, 0.6) is 0 Å². The summed E-state index contributed by atoms with van der Waals surface area (Å²) < 4.78 is 18.4. The van der Waals surface area contributed by atoms with Crippen LogP contribution >= 0.6 is 27.5 Å². The molecule has 0 bridgehead atoms. The molecule has 0 N–H and O–H groups in total. The van der Waals surface area contributed by atoms with E-state index in [2.05, 4.69) is 21.1 Å². The van der Waals surface area contributed by atoms with Gasteiger partial charge in [0.05, 0.1) is 26.8 Å². The van der Waals surface area contributed by atoms with Crippen molar-refractivity contribution in [3.63, 3.8) is 0 Å². The summed E-state index contributed by atoms with van der Waals surface area (Å²) in [6, 6.07) is 3.25. The van der Waals surface area contributed by atoms with Gasteiger partial charge in [-0.15, -0.1) is 0 Å². The lowest BCUT2D eigenvalue weighted by Gasteiger charge is -2.18. The van der Waals surface area contributed by atoms with Crippen LogP contribution in [0, 0.1) is 0 Å². The number of carbonyl (C=O) groups excluding carboxylic acids is 1. The predicted molar refractivity (Wildman–Crippen MR) is 92.6 cm³/mol. The molecule has 1 aromatic heterocycles. The van der Waals surface area contributed by atoms with Crippen molar-refractivity contribution >= 4 is 44.5 Å². The van der Waals surface area contributed by atoms with Crippen LogP contribution in [0.2, 0.25) is 5.02 Å². The molecule has 1 aliphatic rings. The largest absolute Gasteiger partial charge is 0.611 e.